The summed E-state index contributed by atoms with van der Waals surface area (Å²) >= 11 is 0. The highest BCUT2D eigenvalue weighted by Gasteiger charge is 2.27. The molecule has 1 aliphatic rings. The number of carbonyl (C=O) groups is 1. The third-order valence-corrected chi connectivity index (χ3v) is 5.61. The Bertz CT molecular complexity index is 634. The van der Waals surface area contributed by atoms with Crippen LogP contribution in [0.3, 0.4) is 0 Å². The highest BCUT2D eigenvalue weighted by atomic mass is 35.5. The maximum absolute atomic E-state index is 12.5. The summed E-state index contributed by atoms with van der Waals surface area (Å²) in [5, 5.41) is 2.71. The number of carbonyl (C=O) groups excluding carboxylic acids is 1. The molecule has 1 aromatic rings. The Morgan fingerprint density at radius 1 is 1.43 bits per heavy atom. The highest BCUT2D eigenvalue weighted by Crippen LogP contribution is 2.22. The third kappa shape index (κ3) is 3.37. The van der Waals surface area contributed by atoms with Crippen LogP contribution in [0, 0.1) is 0 Å². The van der Waals surface area contributed by atoms with Crippen molar-refractivity contribution in [2.45, 2.75) is 24.3 Å². The van der Waals surface area contributed by atoms with Crippen LogP contribution in [-0.2, 0) is 16.4 Å². The first-order chi connectivity index (χ1) is 9.37. The molecule has 0 aromatic heterocycles. The Balaban J connectivity index is 0.00000220. The van der Waals surface area contributed by atoms with Gasteiger partial charge in [-0.3, -0.25) is 4.79 Å². The van der Waals surface area contributed by atoms with Crippen molar-refractivity contribution >= 4 is 28.3 Å². The first kappa shape index (κ1) is 17.9. The summed E-state index contributed by atoms with van der Waals surface area (Å²) < 4.78 is 26.2. The molecule has 0 spiro atoms. The smallest absolute Gasteiger partial charge is 0.251 e. The van der Waals surface area contributed by atoms with E-state index in [1.807, 2.05) is 0 Å². The highest BCUT2D eigenvalue weighted by molar-refractivity contribution is 7.89. The van der Waals surface area contributed by atoms with E-state index in [0.29, 0.717) is 12.1 Å². The van der Waals surface area contributed by atoms with Gasteiger partial charge in [-0.2, -0.15) is 4.31 Å². The quantitative estimate of drug-likeness (QED) is 0.832. The van der Waals surface area contributed by atoms with Gasteiger partial charge >= 0.3 is 0 Å². The molecular weight excluding hydrogens is 314 g/mol. The Kier molecular flexibility index (Phi) is 5.75. The third-order valence-electron chi connectivity index (χ3n) is 3.64. The molecule has 0 aliphatic carbocycles. The predicted octanol–water partition coefficient (Wildman–Crippen LogP) is 0.362. The molecule has 3 N–H and O–H groups in total. The average Bonchev–Trinajstić information content (AvgIpc) is 2.45. The minimum Gasteiger partial charge on any atom is -0.352 e. The number of fused-ring (bicyclic) bond motifs is 1. The fraction of sp³-hybridized carbons (Fsp3) is 0.462. The molecule has 8 heteroatoms. The van der Waals surface area contributed by atoms with Gasteiger partial charge in [0, 0.05) is 31.7 Å². The fourth-order valence-electron chi connectivity index (χ4n) is 2.10. The van der Waals surface area contributed by atoms with E-state index >= 15 is 0 Å². The largest absolute Gasteiger partial charge is 0.352 e. The zero-order chi connectivity index (χ0) is 14.9. The summed E-state index contributed by atoms with van der Waals surface area (Å²) in [6.07, 6.45) is 0.719. The van der Waals surface area contributed by atoms with E-state index in [4.69, 9.17) is 5.73 Å². The number of benzene rings is 1. The second kappa shape index (κ2) is 6.74. The van der Waals surface area contributed by atoms with Gasteiger partial charge in [-0.05, 0) is 31.0 Å². The van der Waals surface area contributed by atoms with Crippen LogP contribution in [0.5, 0.6) is 0 Å². The minimum atomic E-state index is -3.63. The maximum Gasteiger partial charge on any atom is 0.251 e. The summed E-state index contributed by atoms with van der Waals surface area (Å²) in [6, 6.07) is 4.40. The lowest BCUT2D eigenvalue weighted by Crippen LogP contribution is -2.40. The number of rotatable bonds is 4. The van der Waals surface area contributed by atoms with Crippen LogP contribution >= 0.6 is 12.4 Å². The van der Waals surface area contributed by atoms with Gasteiger partial charge in [0.2, 0.25) is 10.0 Å². The maximum atomic E-state index is 12.5. The number of sulfonamides is 1. The second-order valence-electron chi connectivity index (χ2n) is 4.93. The minimum absolute atomic E-state index is 0. The van der Waals surface area contributed by atoms with E-state index in [0.717, 1.165) is 12.0 Å². The molecule has 118 valence electrons. The van der Waals surface area contributed by atoms with E-state index in [9.17, 15) is 13.2 Å². The summed E-state index contributed by atoms with van der Waals surface area (Å²) in [7, 11) is -2.14. The fourth-order valence-corrected chi connectivity index (χ4v) is 3.50. The van der Waals surface area contributed by atoms with Gasteiger partial charge in [-0.15, -0.1) is 12.4 Å². The molecule has 0 saturated heterocycles. The number of hydrogen-bond acceptors (Lipinski definition) is 4. The van der Waals surface area contributed by atoms with Crippen molar-refractivity contribution in [1.82, 2.24) is 9.62 Å². The van der Waals surface area contributed by atoms with Crippen molar-refractivity contribution in [1.29, 1.82) is 0 Å². The monoisotopic (exact) mass is 333 g/mol. The van der Waals surface area contributed by atoms with Crippen LogP contribution in [0.1, 0.15) is 22.8 Å². The SMILES string of the molecule is CC(CN)N(C)S(=O)(=O)c1ccc2c(c1)C(=O)NCC2.Cl. The molecule has 1 aromatic carbocycles. The molecule has 1 aliphatic heterocycles. The van der Waals surface area contributed by atoms with Gasteiger partial charge < -0.3 is 11.1 Å². The number of nitrogens with two attached hydrogens (primary N) is 1. The van der Waals surface area contributed by atoms with Crippen LogP contribution in [0.15, 0.2) is 23.1 Å². The topological polar surface area (TPSA) is 92.5 Å². The molecular formula is C13H20ClN3O3S. The number of halogens is 1. The first-order valence-corrected chi connectivity index (χ1v) is 7.91. The zero-order valence-electron chi connectivity index (χ0n) is 12.0. The molecule has 1 heterocycles. The van der Waals surface area contributed by atoms with Crippen molar-refractivity contribution in [3.05, 3.63) is 29.3 Å². The average molecular weight is 334 g/mol. The Morgan fingerprint density at radius 2 is 2.10 bits per heavy atom. The van der Waals surface area contributed by atoms with Gasteiger partial charge in [0.25, 0.3) is 5.91 Å². The van der Waals surface area contributed by atoms with Crippen LogP contribution in [-0.4, -0.2) is 44.8 Å². The zero-order valence-corrected chi connectivity index (χ0v) is 13.6. The number of likely N-dealkylation sites (N-methyl/N-ethyl adjacent to an activating group) is 1. The van der Waals surface area contributed by atoms with Crippen molar-refractivity contribution in [3.8, 4) is 0 Å². The Morgan fingerprint density at radius 3 is 2.71 bits per heavy atom. The van der Waals surface area contributed by atoms with E-state index < -0.39 is 10.0 Å². The van der Waals surface area contributed by atoms with Crippen molar-refractivity contribution in [3.63, 3.8) is 0 Å². The van der Waals surface area contributed by atoms with Gasteiger partial charge in [-0.1, -0.05) is 6.07 Å². The van der Waals surface area contributed by atoms with Crippen molar-refractivity contribution in [2.75, 3.05) is 20.1 Å². The van der Waals surface area contributed by atoms with Gasteiger partial charge in [0.15, 0.2) is 0 Å². The van der Waals surface area contributed by atoms with E-state index in [1.165, 1.54) is 17.4 Å². The molecule has 0 radical (unpaired) electrons. The Labute approximate surface area is 131 Å². The molecule has 6 nitrogen and oxygen atoms in total. The summed E-state index contributed by atoms with van der Waals surface area (Å²) in [4.78, 5) is 11.9. The molecule has 21 heavy (non-hydrogen) atoms. The molecule has 1 atom stereocenters. The number of hydrogen-bond donors (Lipinski definition) is 2. The van der Waals surface area contributed by atoms with Gasteiger partial charge in [0.05, 0.1) is 4.90 Å². The van der Waals surface area contributed by atoms with Crippen LogP contribution in [0.2, 0.25) is 0 Å². The summed E-state index contributed by atoms with van der Waals surface area (Å²) in [6.45, 7) is 2.56. The number of nitrogens with zero attached hydrogens (tertiary/aromatic N) is 1. The second-order valence-corrected chi connectivity index (χ2v) is 6.93. The predicted molar refractivity (Wildman–Crippen MR) is 83.2 cm³/mol. The van der Waals surface area contributed by atoms with Crippen molar-refractivity contribution in [2.24, 2.45) is 5.73 Å². The van der Waals surface area contributed by atoms with Crippen molar-refractivity contribution < 1.29 is 13.2 Å². The standard InChI is InChI=1S/C13H19N3O3S.ClH/c1-9(8-14)16(2)20(18,19)11-4-3-10-5-6-15-13(17)12(10)7-11;/h3-4,7,9H,5-6,8,14H2,1-2H3,(H,15,17);1H. The molecule has 1 amide bonds. The number of nitrogens with one attached hydrogen (secondary N) is 1. The normalized spacial score (nSPS) is 15.9. The lowest BCUT2D eigenvalue weighted by molar-refractivity contribution is 0.0945. The molecule has 2 rings (SSSR count). The van der Waals surface area contributed by atoms with E-state index in [1.54, 1.807) is 19.1 Å². The van der Waals surface area contributed by atoms with E-state index in [2.05, 4.69) is 5.32 Å². The molecule has 0 saturated carbocycles. The Hall–Kier alpha value is -1.15. The molecule has 1 unspecified atom stereocenters. The molecule has 0 fully saturated rings. The van der Waals surface area contributed by atoms with Gasteiger partial charge in [0.1, 0.15) is 0 Å². The lowest BCUT2D eigenvalue weighted by Gasteiger charge is -2.24. The van der Waals surface area contributed by atoms with E-state index in [-0.39, 0.29) is 35.8 Å². The van der Waals surface area contributed by atoms with Gasteiger partial charge in [-0.25, -0.2) is 8.42 Å². The summed E-state index contributed by atoms with van der Waals surface area (Å²) in [5.41, 5.74) is 6.82. The van der Waals surface area contributed by atoms with Crippen LogP contribution in [0.25, 0.3) is 0 Å². The lowest BCUT2D eigenvalue weighted by atomic mass is 10.0. The first-order valence-electron chi connectivity index (χ1n) is 6.47. The van der Waals surface area contributed by atoms with Crippen LogP contribution < -0.4 is 11.1 Å². The summed E-state index contributed by atoms with van der Waals surface area (Å²) in [5.74, 6) is -0.224. The number of amides is 1. The molecule has 0 bridgehead atoms. The van der Waals surface area contributed by atoms with Crippen LogP contribution in [0.4, 0.5) is 0 Å².